The first-order valence-corrected chi connectivity index (χ1v) is 7.10. The second-order valence-corrected chi connectivity index (χ2v) is 4.98. The van der Waals surface area contributed by atoms with E-state index < -0.39 is 18.5 Å². The Morgan fingerprint density at radius 3 is 2.95 bits per heavy atom. The number of anilines is 1. The highest BCUT2D eigenvalue weighted by molar-refractivity contribution is 7.00. The molecule has 0 bridgehead atoms. The molecule has 1 N–H and O–H groups in total. The van der Waals surface area contributed by atoms with Crippen LogP contribution in [0.3, 0.4) is 0 Å². The molecule has 2 heterocycles. The van der Waals surface area contributed by atoms with Gasteiger partial charge in [-0.1, -0.05) is 6.07 Å². The molecule has 0 aliphatic heterocycles. The molecule has 0 aliphatic carbocycles. The van der Waals surface area contributed by atoms with Gasteiger partial charge >= 0.3 is 5.97 Å². The fourth-order valence-electron chi connectivity index (χ4n) is 1.90. The summed E-state index contributed by atoms with van der Waals surface area (Å²) in [5.74, 6) is -0.603. The van der Waals surface area contributed by atoms with Crippen molar-refractivity contribution in [3.63, 3.8) is 0 Å². The van der Waals surface area contributed by atoms with Crippen LogP contribution < -0.4 is 5.32 Å². The van der Waals surface area contributed by atoms with E-state index in [0.717, 1.165) is 11.7 Å². The third-order valence-electron chi connectivity index (χ3n) is 2.97. The number of nitrogens with one attached hydrogen (secondary N) is 1. The zero-order chi connectivity index (χ0) is 15.5. The molecule has 1 aromatic carbocycles. The number of hydrogen-bond acceptors (Lipinski definition) is 7. The van der Waals surface area contributed by atoms with Gasteiger partial charge in [0.15, 0.2) is 6.61 Å². The van der Waals surface area contributed by atoms with Crippen molar-refractivity contribution in [1.82, 2.24) is 8.75 Å². The first kappa shape index (κ1) is 14.2. The lowest BCUT2D eigenvalue weighted by molar-refractivity contribution is -0.119. The third kappa shape index (κ3) is 2.82. The Labute approximate surface area is 129 Å². The largest absolute Gasteiger partial charge is 0.469 e. The van der Waals surface area contributed by atoms with Crippen LogP contribution in [0, 0.1) is 6.92 Å². The Balaban J connectivity index is 1.62. The lowest BCUT2D eigenvalue weighted by atomic mass is 10.2. The Morgan fingerprint density at radius 2 is 2.18 bits per heavy atom. The molecule has 22 heavy (non-hydrogen) atoms. The van der Waals surface area contributed by atoms with E-state index in [9.17, 15) is 9.59 Å². The zero-order valence-electron chi connectivity index (χ0n) is 11.5. The number of amides is 1. The first-order chi connectivity index (χ1) is 10.6. The highest BCUT2D eigenvalue weighted by atomic mass is 32.1. The smallest absolute Gasteiger partial charge is 0.342 e. The predicted molar refractivity (Wildman–Crippen MR) is 79.8 cm³/mol. The number of aromatic nitrogens is 2. The predicted octanol–water partition coefficient (Wildman–Crippen LogP) is 2.39. The summed E-state index contributed by atoms with van der Waals surface area (Å²) < 4.78 is 18.2. The normalized spacial score (nSPS) is 10.6. The number of nitrogens with zero attached hydrogens (tertiary/aromatic N) is 2. The minimum Gasteiger partial charge on any atom is -0.469 e. The van der Waals surface area contributed by atoms with Crippen LogP contribution in [-0.4, -0.2) is 27.2 Å². The molecule has 8 heteroatoms. The standard InChI is InChI=1S/C14H11N3O4S/c1-8-9(5-6-20-8)14(19)21-7-12(18)15-10-3-2-4-11-13(10)17-22-16-11/h2-6H,7H2,1H3,(H,15,18). The summed E-state index contributed by atoms with van der Waals surface area (Å²) in [6.45, 7) is 1.25. The average molecular weight is 317 g/mol. The molecule has 3 aromatic rings. The zero-order valence-corrected chi connectivity index (χ0v) is 12.3. The van der Waals surface area contributed by atoms with Gasteiger partial charge in [0.25, 0.3) is 5.91 Å². The van der Waals surface area contributed by atoms with Gasteiger partial charge < -0.3 is 14.5 Å². The lowest BCUT2D eigenvalue weighted by Gasteiger charge is -2.06. The van der Waals surface area contributed by atoms with Crippen molar-refractivity contribution in [2.45, 2.75) is 6.92 Å². The summed E-state index contributed by atoms with van der Waals surface area (Å²) in [5.41, 5.74) is 2.15. The molecular weight excluding hydrogens is 306 g/mol. The summed E-state index contributed by atoms with van der Waals surface area (Å²) in [6.07, 6.45) is 1.39. The van der Waals surface area contributed by atoms with Gasteiger partial charge in [0.2, 0.25) is 0 Å². The summed E-state index contributed by atoms with van der Waals surface area (Å²) in [5, 5.41) is 2.65. The van der Waals surface area contributed by atoms with Gasteiger partial charge in [0, 0.05) is 0 Å². The number of aryl methyl sites for hydroxylation is 1. The quantitative estimate of drug-likeness (QED) is 0.742. The van der Waals surface area contributed by atoms with E-state index in [4.69, 9.17) is 9.15 Å². The molecule has 0 unspecified atom stereocenters. The molecule has 7 nitrogen and oxygen atoms in total. The summed E-state index contributed by atoms with van der Waals surface area (Å²) >= 11 is 1.07. The van der Waals surface area contributed by atoms with Gasteiger partial charge in [0.1, 0.15) is 22.4 Å². The SMILES string of the molecule is Cc1occc1C(=O)OCC(=O)Nc1cccc2nsnc12. The molecule has 0 fully saturated rings. The number of carbonyl (C=O) groups is 2. The number of fused-ring (bicyclic) bond motifs is 1. The Bertz CT molecular complexity index is 839. The van der Waals surface area contributed by atoms with Gasteiger partial charge in [0.05, 0.1) is 23.7 Å². The van der Waals surface area contributed by atoms with Gasteiger partial charge in [-0.15, -0.1) is 0 Å². The van der Waals surface area contributed by atoms with E-state index in [2.05, 4.69) is 14.1 Å². The number of furan rings is 1. The second-order valence-electron chi connectivity index (χ2n) is 4.45. The molecule has 0 saturated carbocycles. The van der Waals surface area contributed by atoms with Crippen molar-refractivity contribution in [2.75, 3.05) is 11.9 Å². The number of esters is 1. The van der Waals surface area contributed by atoms with E-state index in [1.807, 2.05) is 0 Å². The summed E-state index contributed by atoms with van der Waals surface area (Å²) in [7, 11) is 0. The second kappa shape index (κ2) is 5.94. The van der Waals surface area contributed by atoms with E-state index in [0.29, 0.717) is 28.0 Å². The number of hydrogen-bond donors (Lipinski definition) is 1. The Hall–Kier alpha value is -2.74. The molecule has 1 amide bonds. The maximum Gasteiger partial charge on any atom is 0.342 e. The van der Waals surface area contributed by atoms with Crippen LogP contribution in [0.25, 0.3) is 11.0 Å². The number of carbonyl (C=O) groups excluding carboxylic acids is 2. The highest BCUT2D eigenvalue weighted by Crippen LogP contribution is 2.21. The fourth-order valence-corrected chi connectivity index (χ4v) is 2.45. The van der Waals surface area contributed by atoms with Gasteiger partial charge in [-0.3, -0.25) is 4.79 Å². The topological polar surface area (TPSA) is 94.3 Å². The molecule has 2 aromatic heterocycles. The first-order valence-electron chi connectivity index (χ1n) is 6.37. The van der Waals surface area contributed by atoms with Crippen molar-refractivity contribution in [2.24, 2.45) is 0 Å². The maximum atomic E-state index is 11.9. The minimum absolute atomic E-state index is 0.304. The van der Waals surface area contributed by atoms with Gasteiger partial charge in [-0.25, -0.2) is 4.79 Å². The molecule has 3 rings (SSSR count). The van der Waals surface area contributed by atoms with Gasteiger partial charge in [-0.2, -0.15) is 8.75 Å². The third-order valence-corrected chi connectivity index (χ3v) is 3.52. The van der Waals surface area contributed by atoms with Crippen molar-refractivity contribution in [1.29, 1.82) is 0 Å². The molecule has 0 atom stereocenters. The minimum atomic E-state index is -0.602. The van der Waals surface area contributed by atoms with Gasteiger partial charge in [-0.05, 0) is 25.1 Å². The van der Waals surface area contributed by atoms with E-state index in [1.165, 1.54) is 12.3 Å². The van der Waals surface area contributed by atoms with Crippen LogP contribution in [0.2, 0.25) is 0 Å². The van der Waals surface area contributed by atoms with Crippen molar-refractivity contribution in [3.8, 4) is 0 Å². The van der Waals surface area contributed by atoms with E-state index in [-0.39, 0.29) is 0 Å². The summed E-state index contributed by atoms with van der Waals surface area (Å²) in [6, 6.07) is 6.78. The molecule has 0 saturated heterocycles. The molecule has 0 spiro atoms. The number of rotatable bonds is 4. The van der Waals surface area contributed by atoms with Crippen LogP contribution in [-0.2, 0) is 9.53 Å². The van der Waals surface area contributed by atoms with Crippen LogP contribution >= 0.6 is 11.7 Å². The highest BCUT2D eigenvalue weighted by Gasteiger charge is 2.15. The number of benzene rings is 1. The van der Waals surface area contributed by atoms with E-state index in [1.54, 1.807) is 25.1 Å². The van der Waals surface area contributed by atoms with Crippen LogP contribution in [0.5, 0.6) is 0 Å². The van der Waals surface area contributed by atoms with Crippen LogP contribution in [0.1, 0.15) is 16.1 Å². The number of ether oxygens (including phenoxy) is 1. The molecule has 112 valence electrons. The van der Waals surface area contributed by atoms with Crippen molar-refractivity contribution < 1.29 is 18.7 Å². The lowest BCUT2D eigenvalue weighted by Crippen LogP contribution is -2.21. The van der Waals surface area contributed by atoms with Crippen LogP contribution in [0.15, 0.2) is 34.9 Å². The molecule has 0 radical (unpaired) electrons. The Kier molecular flexibility index (Phi) is 3.84. The Morgan fingerprint density at radius 1 is 1.32 bits per heavy atom. The summed E-state index contributed by atoms with van der Waals surface area (Å²) in [4.78, 5) is 23.7. The molecule has 0 aliphatic rings. The van der Waals surface area contributed by atoms with E-state index >= 15 is 0 Å². The molecular formula is C14H11N3O4S. The van der Waals surface area contributed by atoms with Crippen molar-refractivity contribution >= 4 is 40.3 Å². The fraction of sp³-hybridized carbons (Fsp3) is 0.143. The van der Waals surface area contributed by atoms with Crippen molar-refractivity contribution in [3.05, 3.63) is 41.9 Å². The maximum absolute atomic E-state index is 11.9. The monoisotopic (exact) mass is 317 g/mol. The van der Waals surface area contributed by atoms with Crippen LogP contribution in [0.4, 0.5) is 5.69 Å². The average Bonchev–Trinajstić information content (AvgIpc) is 3.14.